The molecule has 1 amide bonds. The van der Waals surface area contributed by atoms with Crippen molar-refractivity contribution in [2.75, 3.05) is 0 Å². The lowest BCUT2D eigenvalue weighted by Gasteiger charge is -2.21. The molecule has 3 rings (SSSR count). The van der Waals surface area contributed by atoms with Crippen LogP contribution in [0.1, 0.15) is 43.3 Å². The molecule has 130 valence electrons. The number of hydrogen-bond donors (Lipinski definition) is 1. The lowest BCUT2D eigenvalue weighted by Crippen LogP contribution is -2.29. The van der Waals surface area contributed by atoms with Crippen molar-refractivity contribution in [2.24, 2.45) is 5.92 Å². The van der Waals surface area contributed by atoms with Crippen LogP contribution in [0.3, 0.4) is 0 Å². The fourth-order valence-corrected chi connectivity index (χ4v) is 3.92. The number of thiazole rings is 1. The summed E-state index contributed by atoms with van der Waals surface area (Å²) in [5.74, 6) is 0.614. The van der Waals surface area contributed by atoms with Crippen molar-refractivity contribution in [3.05, 3.63) is 65.2 Å². The van der Waals surface area contributed by atoms with E-state index in [2.05, 4.69) is 42.3 Å². The van der Waals surface area contributed by atoms with E-state index < -0.39 is 0 Å². The molecule has 0 aliphatic rings. The minimum atomic E-state index is 0.0732. The Kier molecular flexibility index (Phi) is 5.82. The van der Waals surface area contributed by atoms with E-state index in [0.29, 0.717) is 18.8 Å². The van der Waals surface area contributed by atoms with E-state index >= 15 is 0 Å². The fourth-order valence-electron chi connectivity index (χ4n) is 2.95. The van der Waals surface area contributed by atoms with Crippen LogP contribution in [0.5, 0.6) is 0 Å². The SMILES string of the molecule is CC(C)CC(NC(=O)CCc1nc2ccccc2s1)c1ccccc1. The molecular formula is C21H24N2OS. The van der Waals surface area contributed by atoms with Gasteiger partial charge in [-0.15, -0.1) is 11.3 Å². The summed E-state index contributed by atoms with van der Waals surface area (Å²) in [6.45, 7) is 4.37. The number of rotatable bonds is 7. The van der Waals surface area contributed by atoms with E-state index in [-0.39, 0.29) is 11.9 Å². The Bertz CT molecular complexity index is 793. The van der Waals surface area contributed by atoms with E-state index in [0.717, 1.165) is 16.9 Å². The van der Waals surface area contributed by atoms with Crippen molar-refractivity contribution >= 4 is 27.5 Å². The van der Waals surface area contributed by atoms with Crippen molar-refractivity contribution in [1.82, 2.24) is 10.3 Å². The summed E-state index contributed by atoms with van der Waals surface area (Å²) in [7, 11) is 0. The highest BCUT2D eigenvalue weighted by Crippen LogP contribution is 2.23. The van der Waals surface area contributed by atoms with Crippen molar-refractivity contribution in [3.8, 4) is 0 Å². The summed E-state index contributed by atoms with van der Waals surface area (Å²) in [5.41, 5.74) is 2.19. The van der Waals surface area contributed by atoms with Crippen LogP contribution >= 0.6 is 11.3 Å². The molecular weight excluding hydrogens is 328 g/mol. The monoisotopic (exact) mass is 352 g/mol. The van der Waals surface area contributed by atoms with Crippen molar-refractivity contribution in [2.45, 2.75) is 39.2 Å². The van der Waals surface area contributed by atoms with Crippen LogP contribution in [0.2, 0.25) is 0 Å². The zero-order valence-corrected chi connectivity index (χ0v) is 15.6. The first-order valence-electron chi connectivity index (χ1n) is 8.80. The van der Waals surface area contributed by atoms with Crippen LogP contribution < -0.4 is 5.32 Å². The number of nitrogens with one attached hydrogen (secondary N) is 1. The highest BCUT2D eigenvalue weighted by Gasteiger charge is 2.16. The lowest BCUT2D eigenvalue weighted by atomic mass is 9.97. The molecule has 0 bridgehead atoms. The van der Waals surface area contributed by atoms with Gasteiger partial charge < -0.3 is 5.32 Å². The average Bonchev–Trinajstić information content (AvgIpc) is 3.03. The number of fused-ring (bicyclic) bond motifs is 1. The molecule has 25 heavy (non-hydrogen) atoms. The van der Waals surface area contributed by atoms with Gasteiger partial charge in [0.25, 0.3) is 0 Å². The number of aryl methyl sites for hydroxylation is 1. The number of hydrogen-bond acceptors (Lipinski definition) is 3. The van der Waals surface area contributed by atoms with Gasteiger partial charge in [-0.1, -0.05) is 56.3 Å². The second-order valence-corrected chi connectivity index (χ2v) is 7.85. The van der Waals surface area contributed by atoms with Gasteiger partial charge in [0.15, 0.2) is 0 Å². The maximum atomic E-state index is 12.5. The molecule has 1 heterocycles. The van der Waals surface area contributed by atoms with Gasteiger partial charge in [0.1, 0.15) is 0 Å². The molecule has 1 aromatic heterocycles. The largest absolute Gasteiger partial charge is 0.349 e. The summed E-state index contributed by atoms with van der Waals surface area (Å²) in [6, 6.07) is 18.4. The summed E-state index contributed by atoms with van der Waals surface area (Å²) in [5, 5.41) is 4.23. The third kappa shape index (κ3) is 4.89. The third-order valence-corrected chi connectivity index (χ3v) is 5.24. The van der Waals surface area contributed by atoms with E-state index in [1.165, 1.54) is 10.3 Å². The Morgan fingerprint density at radius 2 is 1.80 bits per heavy atom. The number of para-hydroxylation sites is 1. The van der Waals surface area contributed by atoms with E-state index in [9.17, 15) is 4.79 Å². The van der Waals surface area contributed by atoms with Crippen molar-refractivity contribution in [3.63, 3.8) is 0 Å². The Morgan fingerprint density at radius 1 is 1.08 bits per heavy atom. The zero-order valence-electron chi connectivity index (χ0n) is 14.7. The molecule has 1 N–H and O–H groups in total. The Morgan fingerprint density at radius 3 is 2.52 bits per heavy atom. The van der Waals surface area contributed by atoms with Crippen LogP contribution in [0.4, 0.5) is 0 Å². The van der Waals surface area contributed by atoms with Gasteiger partial charge in [0, 0.05) is 12.8 Å². The molecule has 3 nitrogen and oxygen atoms in total. The van der Waals surface area contributed by atoms with E-state index in [1.54, 1.807) is 11.3 Å². The topological polar surface area (TPSA) is 42.0 Å². The highest BCUT2D eigenvalue weighted by atomic mass is 32.1. The van der Waals surface area contributed by atoms with Gasteiger partial charge in [-0.2, -0.15) is 0 Å². The number of nitrogens with zero attached hydrogens (tertiary/aromatic N) is 1. The molecule has 0 saturated heterocycles. The molecule has 3 aromatic rings. The Balaban J connectivity index is 1.61. The highest BCUT2D eigenvalue weighted by molar-refractivity contribution is 7.18. The number of amides is 1. The molecule has 1 unspecified atom stereocenters. The fraction of sp³-hybridized carbons (Fsp3) is 0.333. The number of aromatic nitrogens is 1. The molecule has 0 spiro atoms. The quantitative estimate of drug-likeness (QED) is 0.640. The summed E-state index contributed by atoms with van der Waals surface area (Å²) in [4.78, 5) is 17.1. The number of carbonyl (C=O) groups excluding carboxylic acids is 1. The van der Waals surface area contributed by atoms with E-state index in [4.69, 9.17) is 0 Å². The lowest BCUT2D eigenvalue weighted by molar-refractivity contribution is -0.121. The normalized spacial score (nSPS) is 12.4. The van der Waals surface area contributed by atoms with Gasteiger partial charge in [-0.25, -0.2) is 4.98 Å². The third-order valence-electron chi connectivity index (χ3n) is 4.15. The first kappa shape index (κ1) is 17.6. The summed E-state index contributed by atoms with van der Waals surface area (Å²) >= 11 is 1.67. The predicted molar refractivity (Wildman–Crippen MR) is 105 cm³/mol. The first-order chi connectivity index (χ1) is 12.1. The van der Waals surface area contributed by atoms with Crippen molar-refractivity contribution < 1.29 is 4.79 Å². The molecule has 0 aliphatic heterocycles. The molecule has 1 atom stereocenters. The van der Waals surface area contributed by atoms with Crippen LogP contribution in [-0.2, 0) is 11.2 Å². The number of carbonyl (C=O) groups is 1. The smallest absolute Gasteiger partial charge is 0.220 e. The minimum absolute atomic E-state index is 0.0732. The minimum Gasteiger partial charge on any atom is -0.349 e. The second kappa shape index (κ2) is 8.26. The molecule has 0 radical (unpaired) electrons. The average molecular weight is 353 g/mol. The van der Waals surface area contributed by atoms with E-state index in [1.807, 2.05) is 36.4 Å². The van der Waals surface area contributed by atoms with Crippen LogP contribution in [0.15, 0.2) is 54.6 Å². The first-order valence-corrected chi connectivity index (χ1v) is 9.62. The Labute approximate surface area is 153 Å². The van der Waals surface area contributed by atoms with Gasteiger partial charge in [-0.3, -0.25) is 4.79 Å². The predicted octanol–water partition coefficient (Wildman–Crippen LogP) is 5.13. The molecule has 0 saturated carbocycles. The van der Waals surface area contributed by atoms with Gasteiger partial charge in [0.05, 0.1) is 21.3 Å². The maximum absolute atomic E-state index is 12.5. The second-order valence-electron chi connectivity index (χ2n) is 6.74. The summed E-state index contributed by atoms with van der Waals surface area (Å²) in [6.07, 6.45) is 2.10. The van der Waals surface area contributed by atoms with Crippen LogP contribution in [0.25, 0.3) is 10.2 Å². The van der Waals surface area contributed by atoms with Gasteiger partial charge in [0.2, 0.25) is 5.91 Å². The number of benzene rings is 2. The molecule has 0 fully saturated rings. The molecule has 2 aromatic carbocycles. The zero-order chi connectivity index (χ0) is 17.6. The molecule has 4 heteroatoms. The van der Waals surface area contributed by atoms with Crippen LogP contribution in [0, 0.1) is 5.92 Å². The van der Waals surface area contributed by atoms with Crippen LogP contribution in [-0.4, -0.2) is 10.9 Å². The Hall–Kier alpha value is -2.20. The summed E-state index contributed by atoms with van der Waals surface area (Å²) < 4.78 is 1.18. The van der Waals surface area contributed by atoms with Gasteiger partial charge in [-0.05, 0) is 30.0 Å². The van der Waals surface area contributed by atoms with Crippen molar-refractivity contribution in [1.29, 1.82) is 0 Å². The van der Waals surface area contributed by atoms with Gasteiger partial charge >= 0.3 is 0 Å². The maximum Gasteiger partial charge on any atom is 0.220 e. The standard InChI is InChI=1S/C21H24N2OS/c1-15(2)14-18(16-8-4-3-5-9-16)22-20(24)12-13-21-23-17-10-6-7-11-19(17)25-21/h3-11,15,18H,12-14H2,1-2H3,(H,22,24). The molecule has 0 aliphatic carbocycles.